The lowest BCUT2D eigenvalue weighted by atomic mass is 9.98. The summed E-state index contributed by atoms with van der Waals surface area (Å²) in [6, 6.07) is 6.68. The molecule has 24 heavy (non-hydrogen) atoms. The van der Waals surface area contributed by atoms with Crippen molar-refractivity contribution in [3.05, 3.63) is 23.8 Å². The molecule has 1 fully saturated rings. The van der Waals surface area contributed by atoms with E-state index in [0.29, 0.717) is 17.1 Å². The third-order valence-electron chi connectivity index (χ3n) is 3.97. The number of amides is 1. The molecule has 1 aromatic carbocycles. The van der Waals surface area contributed by atoms with E-state index >= 15 is 0 Å². The Morgan fingerprint density at radius 3 is 2.58 bits per heavy atom. The fourth-order valence-electron chi connectivity index (χ4n) is 2.38. The van der Waals surface area contributed by atoms with Crippen molar-refractivity contribution in [2.75, 3.05) is 20.8 Å². The van der Waals surface area contributed by atoms with Crippen LogP contribution in [0.25, 0.3) is 0 Å². The average Bonchev–Trinajstić information content (AvgIpc) is 3.44. The van der Waals surface area contributed by atoms with Crippen molar-refractivity contribution < 1.29 is 23.8 Å². The Kier molecular flexibility index (Phi) is 5.29. The van der Waals surface area contributed by atoms with E-state index in [0.717, 1.165) is 12.8 Å². The van der Waals surface area contributed by atoms with Gasteiger partial charge in [0.2, 0.25) is 0 Å². The highest BCUT2D eigenvalue weighted by molar-refractivity contribution is 5.90. The van der Waals surface area contributed by atoms with Gasteiger partial charge in [-0.05, 0) is 43.9 Å². The zero-order valence-electron chi connectivity index (χ0n) is 13.9. The van der Waals surface area contributed by atoms with Gasteiger partial charge >= 0.3 is 5.97 Å². The molecule has 0 heterocycles. The highest BCUT2D eigenvalue weighted by Crippen LogP contribution is 2.39. The van der Waals surface area contributed by atoms with Crippen LogP contribution in [0.5, 0.6) is 11.5 Å². The third kappa shape index (κ3) is 3.96. The van der Waals surface area contributed by atoms with Gasteiger partial charge in [-0.1, -0.05) is 0 Å². The number of rotatable bonds is 7. The number of carbonyl (C=O) groups is 2. The lowest BCUT2D eigenvalue weighted by molar-refractivity contribution is -0.124. The number of methoxy groups -OCH3 is 2. The van der Waals surface area contributed by atoms with Gasteiger partial charge in [0.15, 0.2) is 18.1 Å². The molecule has 1 aromatic rings. The Bertz CT molecular complexity index is 678. The van der Waals surface area contributed by atoms with Crippen LogP contribution >= 0.6 is 0 Å². The summed E-state index contributed by atoms with van der Waals surface area (Å²) in [6.45, 7) is 1.46. The minimum absolute atomic E-state index is 0.195. The predicted octanol–water partition coefficient (Wildman–Crippen LogP) is 1.67. The standard InChI is InChI=1S/C17H20N2O5/c1-17(10-18,12-5-6-12)19-15(20)9-24-13-7-4-11(16(21)23-3)8-14(13)22-2/h4,7-8,12H,5-6,9H2,1-3H3,(H,19,20)/t17-/m1/s1. The van der Waals surface area contributed by atoms with E-state index in [9.17, 15) is 14.9 Å². The predicted molar refractivity (Wildman–Crippen MR) is 84.7 cm³/mol. The van der Waals surface area contributed by atoms with Crippen LogP contribution in [0.1, 0.15) is 30.1 Å². The number of carbonyl (C=O) groups excluding carboxylic acids is 2. The van der Waals surface area contributed by atoms with Gasteiger partial charge in [-0.3, -0.25) is 4.79 Å². The molecule has 0 spiro atoms. The lowest BCUT2D eigenvalue weighted by Gasteiger charge is -2.23. The lowest BCUT2D eigenvalue weighted by Crippen LogP contribution is -2.48. The van der Waals surface area contributed by atoms with E-state index in [1.165, 1.54) is 32.4 Å². The number of hydrogen-bond donors (Lipinski definition) is 1. The summed E-state index contributed by atoms with van der Waals surface area (Å²) < 4.78 is 15.3. The fraction of sp³-hybridized carbons (Fsp3) is 0.471. The van der Waals surface area contributed by atoms with E-state index < -0.39 is 11.5 Å². The highest BCUT2D eigenvalue weighted by atomic mass is 16.5. The van der Waals surface area contributed by atoms with Crippen molar-refractivity contribution in [2.24, 2.45) is 5.92 Å². The van der Waals surface area contributed by atoms with Crippen molar-refractivity contribution in [3.8, 4) is 17.6 Å². The summed E-state index contributed by atoms with van der Waals surface area (Å²) in [6.07, 6.45) is 1.88. The smallest absolute Gasteiger partial charge is 0.337 e. The van der Waals surface area contributed by atoms with Crippen molar-refractivity contribution in [2.45, 2.75) is 25.3 Å². The molecule has 0 aliphatic heterocycles. The highest BCUT2D eigenvalue weighted by Gasteiger charge is 2.43. The van der Waals surface area contributed by atoms with Crippen molar-refractivity contribution >= 4 is 11.9 Å². The monoisotopic (exact) mass is 332 g/mol. The van der Waals surface area contributed by atoms with Gasteiger partial charge in [0.1, 0.15) is 5.54 Å². The topological polar surface area (TPSA) is 97.6 Å². The summed E-state index contributed by atoms with van der Waals surface area (Å²) in [5.74, 6) is -0.0430. The van der Waals surface area contributed by atoms with E-state index in [-0.39, 0.29) is 18.4 Å². The average molecular weight is 332 g/mol. The van der Waals surface area contributed by atoms with Crippen LogP contribution in [0.4, 0.5) is 0 Å². The van der Waals surface area contributed by atoms with Gasteiger partial charge in [-0.25, -0.2) is 4.79 Å². The number of hydrogen-bond acceptors (Lipinski definition) is 6. The van der Waals surface area contributed by atoms with Crippen LogP contribution in [0.3, 0.4) is 0 Å². The van der Waals surface area contributed by atoms with Crippen LogP contribution < -0.4 is 14.8 Å². The van der Waals surface area contributed by atoms with Crippen molar-refractivity contribution in [1.82, 2.24) is 5.32 Å². The Hall–Kier alpha value is -2.75. The Labute approximate surface area is 140 Å². The van der Waals surface area contributed by atoms with Crippen molar-refractivity contribution in [3.63, 3.8) is 0 Å². The number of benzene rings is 1. The molecule has 1 N–H and O–H groups in total. The van der Waals surface area contributed by atoms with Crippen LogP contribution in [-0.2, 0) is 9.53 Å². The van der Waals surface area contributed by atoms with E-state index in [1.54, 1.807) is 6.92 Å². The largest absolute Gasteiger partial charge is 0.493 e. The van der Waals surface area contributed by atoms with Crippen LogP contribution in [0.15, 0.2) is 18.2 Å². The molecule has 0 radical (unpaired) electrons. The normalized spacial score (nSPS) is 15.6. The van der Waals surface area contributed by atoms with Crippen LogP contribution in [0.2, 0.25) is 0 Å². The number of nitrogens with zero attached hydrogens (tertiary/aromatic N) is 1. The molecular formula is C17H20N2O5. The molecule has 1 aliphatic carbocycles. The minimum Gasteiger partial charge on any atom is -0.493 e. The van der Waals surface area contributed by atoms with E-state index in [4.69, 9.17) is 9.47 Å². The van der Waals surface area contributed by atoms with Crippen LogP contribution in [-0.4, -0.2) is 38.2 Å². The quantitative estimate of drug-likeness (QED) is 0.763. The maximum absolute atomic E-state index is 12.0. The molecule has 1 atom stereocenters. The number of nitrogens with one attached hydrogen (secondary N) is 1. The first-order valence-electron chi connectivity index (χ1n) is 7.55. The maximum atomic E-state index is 12.0. The molecule has 0 unspecified atom stereocenters. The van der Waals surface area contributed by atoms with Gasteiger partial charge in [-0.2, -0.15) is 5.26 Å². The molecular weight excluding hydrogens is 312 g/mol. The Balaban J connectivity index is 1.99. The first-order chi connectivity index (χ1) is 11.4. The minimum atomic E-state index is -0.862. The molecule has 1 saturated carbocycles. The number of ether oxygens (including phenoxy) is 3. The van der Waals surface area contributed by atoms with Gasteiger partial charge in [0.05, 0.1) is 25.9 Å². The molecule has 128 valence electrons. The number of nitriles is 1. The molecule has 2 rings (SSSR count). The zero-order chi connectivity index (χ0) is 17.7. The van der Waals surface area contributed by atoms with Gasteiger partial charge in [0, 0.05) is 0 Å². The van der Waals surface area contributed by atoms with Gasteiger partial charge in [0.25, 0.3) is 5.91 Å². The van der Waals surface area contributed by atoms with Crippen LogP contribution in [0, 0.1) is 17.2 Å². The van der Waals surface area contributed by atoms with Gasteiger partial charge < -0.3 is 19.5 Å². The second kappa shape index (κ2) is 7.21. The molecule has 0 bridgehead atoms. The molecule has 1 aliphatic rings. The Morgan fingerprint density at radius 2 is 2.04 bits per heavy atom. The molecule has 7 heteroatoms. The maximum Gasteiger partial charge on any atom is 0.337 e. The fourth-order valence-corrected chi connectivity index (χ4v) is 2.38. The summed E-state index contributed by atoms with van der Waals surface area (Å²) in [5.41, 5.74) is -0.545. The second-order valence-electron chi connectivity index (χ2n) is 5.78. The first kappa shape index (κ1) is 17.6. The third-order valence-corrected chi connectivity index (χ3v) is 3.97. The number of esters is 1. The summed E-state index contributed by atoms with van der Waals surface area (Å²) >= 11 is 0. The molecule has 7 nitrogen and oxygen atoms in total. The SMILES string of the molecule is COC(=O)c1ccc(OCC(=O)N[C@](C)(C#N)C2CC2)c(OC)c1. The van der Waals surface area contributed by atoms with Gasteiger partial charge in [-0.15, -0.1) is 0 Å². The van der Waals surface area contributed by atoms with Crippen molar-refractivity contribution in [1.29, 1.82) is 5.26 Å². The molecule has 1 amide bonds. The summed E-state index contributed by atoms with van der Waals surface area (Å²) in [4.78, 5) is 23.5. The molecule has 0 aromatic heterocycles. The summed E-state index contributed by atoms with van der Waals surface area (Å²) in [7, 11) is 2.72. The second-order valence-corrected chi connectivity index (χ2v) is 5.78. The zero-order valence-corrected chi connectivity index (χ0v) is 13.9. The molecule has 0 saturated heterocycles. The van der Waals surface area contributed by atoms with E-state index in [1.807, 2.05) is 0 Å². The Morgan fingerprint density at radius 1 is 1.33 bits per heavy atom. The summed E-state index contributed by atoms with van der Waals surface area (Å²) in [5, 5.41) is 12.0. The van der Waals surface area contributed by atoms with E-state index in [2.05, 4.69) is 16.1 Å². The first-order valence-corrected chi connectivity index (χ1v) is 7.55.